The van der Waals surface area contributed by atoms with E-state index in [1.54, 1.807) is 31.5 Å². The number of ether oxygens (including phenoxy) is 2. The van der Waals surface area contributed by atoms with Gasteiger partial charge in [-0.25, -0.2) is 18.2 Å². The number of nitrogens with zero attached hydrogens (tertiary/aromatic N) is 3. The molecule has 1 aromatic heterocycles. The molecule has 0 radical (unpaired) electrons. The van der Waals surface area contributed by atoms with Crippen molar-refractivity contribution in [2.75, 3.05) is 20.8 Å². The molecule has 5 rings (SSSR count). The number of carbonyl (C=O) groups excluding carboxylic acids is 1. The van der Waals surface area contributed by atoms with Gasteiger partial charge in [0.15, 0.2) is 17.5 Å². The van der Waals surface area contributed by atoms with Gasteiger partial charge in [-0.05, 0) is 67.7 Å². The molecular weight excluding hydrogens is 483 g/mol. The van der Waals surface area contributed by atoms with Crippen LogP contribution in [-0.2, 0) is 9.53 Å². The molecule has 0 aliphatic carbocycles. The summed E-state index contributed by atoms with van der Waals surface area (Å²) in [5.41, 5.74) is 3.26. The minimum Gasteiger partial charge on any atom is -0.495 e. The number of carbonyl (C=O) groups is 1. The normalized spacial score (nSPS) is 22.9. The Morgan fingerprint density at radius 1 is 1.11 bits per heavy atom. The summed E-state index contributed by atoms with van der Waals surface area (Å²) < 4.78 is 55.1. The van der Waals surface area contributed by atoms with Gasteiger partial charge < -0.3 is 18.9 Å². The molecule has 3 atom stereocenters. The lowest BCUT2D eigenvalue weighted by atomic mass is 9.76. The third kappa shape index (κ3) is 4.75. The number of halogens is 3. The van der Waals surface area contributed by atoms with Crippen LogP contribution >= 0.6 is 0 Å². The molecule has 2 aliphatic heterocycles. The van der Waals surface area contributed by atoms with Crippen molar-refractivity contribution in [3.05, 3.63) is 82.7 Å². The molecular formula is C28H28F3N3O3. The first kappa shape index (κ1) is 25.1. The van der Waals surface area contributed by atoms with Crippen molar-refractivity contribution < 1.29 is 27.4 Å². The van der Waals surface area contributed by atoms with Gasteiger partial charge in [0.2, 0.25) is 5.91 Å². The molecule has 37 heavy (non-hydrogen) atoms. The zero-order chi connectivity index (χ0) is 26.3. The molecule has 2 aliphatic rings. The quantitative estimate of drug-likeness (QED) is 0.350. The standard InChI is InChI=1S/C28H28F3N3O3/c1-16-14-33(15-32-16)24-5-4-17(9-26(24)37-3)8-19-10-21(18-11-22(29)27(31)23(30)12-18)25-13-20(36-2)6-7-34(25)28(19)35/h4-5,8-9,11-12,14-15,20-21,25H,6-7,10,13H2,1-3H3/b19-8+. The number of imidazole rings is 1. The number of methoxy groups -OCH3 is 2. The Balaban J connectivity index is 1.53. The second-order valence-corrected chi connectivity index (χ2v) is 9.58. The maximum absolute atomic E-state index is 14.2. The van der Waals surface area contributed by atoms with Gasteiger partial charge in [-0.3, -0.25) is 4.79 Å². The van der Waals surface area contributed by atoms with E-state index in [9.17, 15) is 18.0 Å². The smallest absolute Gasteiger partial charge is 0.250 e. The first-order chi connectivity index (χ1) is 17.8. The lowest BCUT2D eigenvalue weighted by Crippen LogP contribution is -2.54. The highest BCUT2D eigenvalue weighted by Gasteiger charge is 2.43. The predicted molar refractivity (Wildman–Crippen MR) is 132 cm³/mol. The van der Waals surface area contributed by atoms with Gasteiger partial charge in [0.05, 0.1) is 30.9 Å². The molecule has 3 aromatic rings. The fourth-order valence-electron chi connectivity index (χ4n) is 5.46. The Morgan fingerprint density at radius 2 is 1.86 bits per heavy atom. The lowest BCUT2D eigenvalue weighted by molar-refractivity contribution is -0.136. The van der Waals surface area contributed by atoms with E-state index in [2.05, 4.69) is 4.98 Å². The summed E-state index contributed by atoms with van der Waals surface area (Å²) in [6.45, 7) is 2.36. The Labute approximate surface area is 213 Å². The SMILES string of the molecule is COc1cc(/C=C2\CC(c3cc(F)c(F)c(F)c3)C3CC(OC)CCN3C2=O)ccc1-n1cnc(C)c1. The maximum Gasteiger partial charge on any atom is 0.250 e. The largest absolute Gasteiger partial charge is 0.495 e. The summed E-state index contributed by atoms with van der Waals surface area (Å²) in [6, 6.07) is 7.36. The number of rotatable bonds is 5. The zero-order valence-corrected chi connectivity index (χ0v) is 20.9. The molecule has 3 heterocycles. The number of aryl methyl sites for hydroxylation is 1. The van der Waals surface area contributed by atoms with Gasteiger partial charge in [-0.1, -0.05) is 6.07 Å². The minimum absolute atomic E-state index is 0.0687. The van der Waals surface area contributed by atoms with Crippen LogP contribution in [0.1, 0.15) is 42.0 Å². The summed E-state index contributed by atoms with van der Waals surface area (Å²) in [4.78, 5) is 19.6. The van der Waals surface area contributed by atoms with Crippen molar-refractivity contribution in [3.8, 4) is 11.4 Å². The average Bonchev–Trinajstić information content (AvgIpc) is 3.34. The molecule has 6 nitrogen and oxygen atoms in total. The van der Waals surface area contributed by atoms with Crippen LogP contribution in [0.25, 0.3) is 11.8 Å². The number of hydrogen-bond donors (Lipinski definition) is 0. The number of benzene rings is 2. The Hall–Kier alpha value is -3.59. The molecule has 2 aromatic carbocycles. The number of hydrogen-bond acceptors (Lipinski definition) is 4. The highest BCUT2D eigenvalue weighted by atomic mass is 19.2. The van der Waals surface area contributed by atoms with Crippen LogP contribution in [0.5, 0.6) is 5.75 Å². The van der Waals surface area contributed by atoms with E-state index >= 15 is 0 Å². The molecule has 2 saturated heterocycles. The molecule has 3 unspecified atom stereocenters. The molecule has 1 amide bonds. The number of piperidine rings is 2. The Bertz CT molecular complexity index is 1350. The van der Waals surface area contributed by atoms with Gasteiger partial charge in [-0.2, -0.15) is 0 Å². The van der Waals surface area contributed by atoms with Crippen LogP contribution < -0.4 is 4.74 Å². The molecule has 194 valence electrons. The summed E-state index contributed by atoms with van der Waals surface area (Å²) in [7, 11) is 3.19. The van der Waals surface area contributed by atoms with Crippen LogP contribution in [0.3, 0.4) is 0 Å². The van der Waals surface area contributed by atoms with Crippen LogP contribution in [0, 0.1) is 24.4 Å². The van der Waals surface area contributed by atoms with E-state index in [4.69, 9.17) is 9.47 Å². The molecule has 0 spiro atoms. The number of amides is 1. The van der Waals surface area contributed by atoms with Crippen LogP contribution in [0.15, 0.2) is 48.4 Å². The lowest BCUT2D eigenvalue weighted by Gasteiger charge is -2.47. The van der Waals surface area contributed by atoms with E-state index in [-0.39, 0.29) is 24.5 Å². The fraction of sp³-hybridized carbons (Fsp3) is 0.357. The fourth-order valence-corrected chi connectivity index (χ4v) is 5.46. The van der Waals surface area contributed by atoms with Crippen molar-refractivity contribution >= 4 is 12.0 Å². The highest BCUT2D eigenvalue weighted by Crippen LogP contribution is 2.42. The van der Waals surface area contributed by atoms with E-state index in [1.807, 2.05) is 35.9 Å². The monoisotopic (exact) mass is 511 g/mol. The van der Waals surface area contributed by atoms with Crippen LogP contribution in [-0.4, -0.2) is 53.3 Å². The zero-order valence-electron chi connectivity index (χ0n) is 20.9. The Kier molecular flexibility index (Phi) is 6.81. The third-order valence-corrected chi connectivity index (χ3v) is 7.34. The maximum atomic E-state index is 14.2. The van der Waals surface area contributed by atoms with Gasteiger partial charge >= 0.3 is 0 Å². The molecule has 0 bridgehead atoms. The van der Waals surface area contributed by atoms with E-state index in [1.165, 1.54) is 0 Å². The first-order valence-corrected chi connectivity index (χ1v) is 12.2. The van der Waals surface area contributed by atoms with E-state index < -0.39 is 23.4 Å². The summed E-state index contributed by atoms with van der Waals surface area (Å²) in [6.07, 6.45) is 6.76. The second-order valence-electron chi connectivity index (χ2n) is 9.58. The minimum atomic E-state index is -1.50. The van der Waals surface area contributed by atoms with Crippen molar-refractivity contribution in [1.29, 1.82) is 0 Å². The van der Waals surface area contributed by atoms with Gasteiger partial charge in [-0.15, -0.1) is 0 Å². The van der Waals surface area contributed by atoms with Gasteiger partial charge in [0.25, 0.3) is 0 Å². The molecule has 0 N–H and O–H groups in total. The van der Waals surface area contributed by atoms with Crippen molar-refractivity contribution in [2.45, 2.75) is 44.2 Å². The van der Waals surface area contributed by atoms with Crippen LogP contribution in [0.2, 0.25) is 0 Å². The van der Waals surface area contributed by atoms with Crippen molar-refractivity contribution in [1.82, 2.24) is 14.5 Å². The highest BCUT2D eigenvalue weighted by molar-refractivity contribution is 5.99. The van der Waals surface area contributed by atoms with Crippen LogP contribution in [0.4, 0.5) is 13.2 Å². The summed E-state index contributed by atoms with van der Waals surface area (Å²) in [5.74, 6) is -3.90. The van der Waals surface area contributed by atoms with Gasteiger partial charge in [0, 0.05) is 37.4 Å². The summed E-state index contributed by atoms with van der Waals surface area (Å²) >= 11 is 0. The number of aromatic nitrogens is 2. The predicted octanol–water partition coefficient (Wildman–Crippen LogP) is 5.18. The average molecular weight is 512 g/mol. The Morgan fingerprint density at radius 3 is 2.51 bits per heavy atom. The third-order valence-electron chi connectivity index (χ3n) is 7.34. The van der Waals surface area contributed by atoms with Crippen molar-refractivity contribution in [2.24, 2.45) is 0 Å². The van der Waals surface area contributed by atoms with Gasteiger partial charge in [0.1, 0.15) is 5.75 Å². The topological polar surface area (TPSA) is 56.6 Å². The van der Waals surface area contributed by atoms with E-state index in [0.29, 0.717) is 36.3 Å². The summed E-state index contributed by atoms with van der Waals surface area (Å²) in [5, 5.41) is 0. The first-order valence-electron chi connectivity index (χ1n) is 12.2. The second kappa shape index (κ2) is 10.0. The van der Waals surface area contributed by atoms with Crippen molar-refractivity contribution in [3.63, 3.8) is 0 Å². The molecule has 2 fully saturated rings. The number of fused-ring (bicyclic) bond motifs is 1. The molecule has 0 saturated carbocycles. The molecule has 9 heteroatoms. The van der Waals surface area contributed by atoms with E-state index in [0.717, 1.165) is 29.1 Å².